The number of aliphatic hydroxyl groups excluding tert-OH is 1. The molecule has 1 N–H and O–H groups in total. The fourth-order valence-corrected chi connectivity index (χ4v) is 2.63. The molecule has 1 amide bonds. The van der Waals surface area contributed by atoms with Crippen molar-refractivity contribution in [3.63, 3.8) is 0 Å². The number of nitrogens with zero attached hydrogens (tertiary/aromatic N) is 1. The van der Waals surface area contributed by atoms with Crippen LogP contribution in [-0.4, -0.2) is 35.6 Å². The van der Waals surface area contributed by atoms with Crippen LogP contribution in [0.4, 0.5) is 0 Å². The molecule has 1 aromatic carbocycles. The van der Waals surface area contributed by atoms with Crippen LogP contribution in [0.15, 0.2) is 43.0 Å². The molecule has 0 aromatic heterocycles. The van der Waals surface area contributed by atoms with E-state index in [1.165, 1.54) is 11.6 Å². The predicted molar refractivity (Wildman–Crippen MR) is 71.2 cm³/mol. The summed E-state index contributed by atoms with van der Waals surface area (Å²) >= 11 is 0. The topological polar surface area (TPSA) is 40.5 Å². The van der Waals surface area contributed by atoms with Gasteiger partial charge < -0.3 is 10.0 Å². The van der Waals surface area contributed by atoms with Gasteiger partial charge in [-0.3, -0.25) is 4.79 Å². The number of carbonyl (C=O) groups excluding carboxylic acids is 1. The minimum absolute atomic E-state index is 0.0210. The van der Waals surface area contributed by atoms with Gasteiger partial charge in [-0.1, -0.05) is 36.9 Å². The number of hydrogen-bond acceptors (Lipinski definition) is 2. The maximum atomic E-state index is 11.7. The van der Waals surface area contributed by atoms with E-state index in [-0.39, 0.29) is 24.3 Å². The lowest BCUT2D eigenvalue weighted by atomic mass is 9.81. The van der Waals surface area contributed by atoms with Crippen molar-refractivity contribution in [2.45, 2.75) is 12.3 Å². The lowest BCUT2D eigenvalue weighted by Crippen LogP contribution is -2.43. The third-order valence-electron chi connectivity index (χ3n) is 3.70. The van der Waals surface area contributed by atoms with Gasteiger partial charge in [0.2, 0.25) is 5.91 Å². The summed E-state index contributed by atoms with van der Waals surface area (Å²) < 4.78 is 0. The first kappa shape index (κ1) is 12.8. The van der Waals surface area contributed by atoms with E-state index in [1.807, 2.05) is 23.1 Å². The second kappa shape index (κ2) is 5.83. The Morgan fingerprint density at radius 2 is 2.17 bits per heavy atom. The summed E-state index contributed by atoms with van der Waals surface area (Å²) in [6.07, 6.45) is 2.21. The molecule has 0 spiro atoms. The van der Waals surface area contributed by atoms with Gasteiger partial charge in [0, 0.05) is 25.6 Å². The molecule has 1 heterocycles. The molecule has 1 aliphatic heterocycles. The Bertz CT molecular complexity index is 416. The zero-order valence-electron chi connectivity index (χ0n) is 10.5. The van der Waals surface area contributed by atoms with Crippen molar-refractivity contribution < 1.29 is 9.90 Å². The van der Waals surface area contributed by atoms with Crippen molar-refractivity contribution in [2.24, 2.45) is 5.92 Å². The number of rotatable bonds is 3. The van der Waals surface area contributed by atoms with E-state index in [0.29, 0.717) is 13.1 Å². The number of carbonyl (C=O) groups is 1. The Balaban J connectivity index is 2.18. The molecule has 96 valence electrons. The second-order valence-electron chi connectivity index (χ2n) is 4.74. The van der Waals surface area contributed by atoms with Gasteiger partial charge in [0.05, 0.1) is 0 Å². The van der Waals surface area contributed by atoms with Crippen LogP contribution in [0.1, 0.15) is 17.9 Å². The molecule has 0 saturated carbocycles. The van der Waals surface area contributed by atoms with Crippen molar-refractivity contribution in [1.82, 2.24) is 4.90 Å². The Kier molecular flexibility index (Phi) is 4.15. The number of piperidine rings is 1. The average Bonchev–Trinajstić information content (AvgIpc) is 2.46. The van der Waals surface area contributed by atoms with Gasteiger partial charge in [-0.15, -0.1) is 0 Å². The first-order valence-corrected chi connectivity index (χ1v) is 6.33. The van der Waals surface area contributed by atoms with Gasteiger partial charge in [0.1, 0.15) is 0 Å². The standard InChI is InChI=1S/C15H19NO2/c1-2-15(18)16-9-8-13(11-17)14(10-16)12-6-4-3-5-7-12/h2-7,13-14,17H,1,8-11H2. The third-order valence-corrected chi connectivity index (χ3v) is 3.70. The zero-order chi connectivity index (χ0) is 13.0. The molecule has 2 atom stereocenters. The summed E-state index contributed by atoms with van der Waals surface area (Å²) in [5.41, 5.74) is 1.19. The predicted octanol–water partition coefficient (Wildman–Crippen LogP) is 1.80. The van der Waals surface area contributed by atoms with Gasteiger partial charge in [0.25, 0.3) is 0 Å². The Labute approximate surface area is 108 Å². The molecule has 0 aliphatic carbocycles. The van der Waals surface area contributed by atoms with Gasteiger partial charge >= 0.3 is 0 Å². The molecule has 1 saturated heterocycles. The Hall–Kier alpha value is -1.61. The highest BCUT2D eigenvalue weighted by Crippen LogP contribution is 2.32. The first-order chi connectivity index (χ1) is 8.76. The zero-order valence-corrected chi connectivity index (χ0v) is 10.5. The molecule has 2 rings (SSSR count). The fraction of sp³-hybridized carbons (Fsp3) is 0.400. The lowest BCUT2D eigenvalue weighted by molar-refractivity contribution is -0.128. The average molecular weight is 245 g/mol. The fourth-order valence-electron chi connectivity index (χ4n) is 2.63. The number of likely N-dealkylation sites (tertiary alicyclic amines) is 1. The van der Waals surface area contributed by atoms with Crippen LogP contribution in [0.3, 0.4) is 0 Å². The van der Waals surface area contributed by atoms with E-state index in [2.05, 4.69) is 18.7 Å². The van der Waals surface area contributed by atoms with Crippen LogP contribution < -0.4 is 0 Å². The summed E-state index contributed by atoms with van der Waals surface area (Å²) in [5.74, 6) is 0.433. The van der Waals surface area contributed by atoms with Crippen LogP contribution in [0.5, 0.6) is 0 Å². The lowest BCUT2D eigenvalue weighted by Gasteiger charge is -2.37. The molecule has 1 fully saturated rings. The van der Waals surface area contributed by atoms with Crippen molar-refractivity contribution in [3.05, 3.63) is 48.6 Å². The number of amides is 1. The highest BCUT2D eigenvalue weighted by molar-refractivity contribution is 5.87. The quantitative estimate of drug-likeness (QED) is 0.825. The van der Waals surface area contributed by atoms with E-state index in [9.17, 15) is 9.90 Å². The van der Waals surface area contributed by atoms with Crippen molar-refractivity contribution in [3.8, 4) is 0 Å². The molecule has 1 aromatic rings. The number of benzene rings is 1. The molecular formula is C15H19NO2. The van der Waals surface area contributed by atoms with E-state index in [4.69, 9.17) is 0 Å². The van der Waals surface area contributed by atoms with E-state index < -0.39 is 0 Å². The first-order valence-electron chi connectivity index (χ1n) is 6.33. The molecule has 2 unspecified atom stereocenters. The third kappa shape index (κ3) is 2.62. The second-order valence-corrected chi connectivity index (χ2v) is 4.74. The monoisotopic (exact) mass is 245 g/mol. The van der Waals surface area contributed by atoms with Gasteiger partial charge in [-0.05, 0) is 24.0 Å². The Morgan fingerprint density at radius 1 is 1.44 bits per heavy atom. The smallest absolute Gasteiger partial charge is 0.245 e. The summed E-state index contributed by atoms with van der Waals surface area (Å²) in [6, 6.07) is 10.1. The van der Waals surface area contributed by atoms with Crippen LogP contribution in [0, 0.1) is 5.92 Å². The molecule has 0 bridgehead atoms. The minimum Gasteiger partial charge on any atom is -0.396 e. The maximum absolute atomic E-state index is 11.7. The summed E-state index contributed by atoms with van der Waals surface area (Å²) in [7, 11) is 0. The normalized spacial score (nSPS) is 23.7. The van der Waals surface area contributed by atoms with Crippen LogP contribution >= 0.6 is 0 Å². The van der Waals surface area contributed by atoms with Gasteiger partial charge in [-0.2, -0.15) is 0 Å². The summed E-state index contributed by atoms with van der Waals surface area (Å²) in [6.45, 7) is 5.08. The summed E-state index contributed by atoms with van der Waals surface area (Å²) in [5, 5.41) is 9.48. The van der Waals surface area contributed by atoms with E-state index in [1.54, 1.807) is 0 Å². The molecule has 0 radical (unpaired) electrons. The highest BCUT2D eigenvalue weighted by atomic mass is 16.3. The van der Waals surface area contributed by atoms with Crippen LogP contribution in [0.25, 0.3) is 0 Å². The summed E-state index contributed by atoms with van der Waals surface area (Å²) in [4.78, 5) is 13.5. The van der Waals surface area contributed by atoms with E-state index in [0.717, 1.165) is 6.42 Å². The van der Waals surface area contributed by atoms with Crippen LogP contribution in [0.2, 0.25) is 0 Å². The molecule has 1 aliphatic rings. The maximum Gasteiger partial charge on any atom is 0.245 e. The van der Waals surface area contributed by atoms with Crippen molar-refractivity contribution in [2.75, 3.05) is 19.7 Å². The van der Waals surface area contributed by atoms with Gasteiger partial charge in [0.15, 0.2) is 0 Å². The molecule has 3 nitrogen and oxygen atoms in total. The molecule has 3 heteroatoms. The van der Waals surface area contributed by atoms with Crippen LogP contribution in [-0.2, 0) is 4.79 Å². The molecule has 18 heavy (non-hydrogen) atoms. The number of aliphatic hydroxyl groups is 1. The minimum atomic E-state index is -0.0210. The van der Waals surface area contributed by atoms with Gasteiger partial charge in [-0.25, -0.2) is 0 Å². The largest absolute Gasteiger partial charge is 0.396 e. The SMILES string of the molecule is C=CC(=O)N1CCC(CO)C(c2ccccc2)C1. The highest BCUT2D eigenvalue weighted by Gasteiger charge is 2.31. The number of hydrogen-bond donors (Lipinski definition) is 1. The van der Waals surface area contributed by atoms with E-state index >= 15 is 0 Å². The van der Waals surface area contributed by atoms with Crippen molar-refractivity contribution in [1.29, 1.82) is 0 Å². The Morgan fingerprint density at radius 3 is 2.78 bits per heavy atom. The molecular weight excluding hydrogens is 226 g/mol. The van der Waals surface area contributed by atoms with Crippen molar-refractivity contribution >= 4 is 5.91 Å².